The van der Waals surface area contributed by atoms with E-state index in [1.165, 1.54) is 16.8 Å². The predicted octanol–water partition coefficient (Wildman–Crippen LogP) is 3.15. The molecule has 0 bridgehead atoms. The number of hydrogen-bond acceptors (Lipinski definition) is 2. The molecule has 0 spiro atoms. The van der Waals surface area contributed by atoms with Crippen LogP contribution in [0.15, 0.2) is 18.2 Å². The van der Waals surface area contributed by atoms with Gasteiger partial charge < -0.3 is 10.1 Å². The van der Waals surface area contributed by atoms with E-state index < -0.39 is 0 Å². The Kier molecular flexibility index (Phi) is 3.83. The van der Waals surface area contributed by atoms with E-state index in [9.17, 15) is 0 Å². The molecule has 2 heteroatoms. The quantitative estimate of drug-likeness (QED) is 0.843. The SMILES string of the molecule is CCc1cc(NC2CCOCC2)ccc1C. The molecule has 1 saturated heterocycles. The number of nitrogens with one attached hydrogen (secondary N) is 1. The van der Waals surface area contributed by atoms with Crippen LogP contribution in [0.1, 0.15) is 30.9 Å². The summed E-state index contributed by atoms with van der Waals surface area (Å²) in [7, 11) is 0. The highest BCUT2D eigenvalue weighted by atomic mass is 16.5. The van der Waals surface area contributed by atoms with Crippen LogP contribution < -0.4 is 5.32 Å². The first-order chi connectivity index (χ1) is 7.79. The highest BCUT2D eigenvalue weighted by Crippen LogP contribution is 2.19. The number of ether oxygens (including phenoxy) is 1. The molecule has 0 radical (unpaired) electrons. The number of hydrogen-bond donors (Lipinski definition) is 1. The summed E-state index contributed by atoms with van der Waals surface area (Å²) in [6.45, 7) is 6.17. The zero-order valence-corrected chi connectivity index (χ0v) is 10.3. The van der Waals surface area contributed by atoms with Gasteiger partial charge in [-0.05, 0) is 49.4 Å². The number of rotatable bonds is 3. The van der Waals surface area contributed by atoms with Crippen molar-refractivity contribution in [1.29, 1.82) is 0 Å². The second kappa shape index (κ2) is 5.35. The first kappa shape index (κ1) is 11.5. The smallest absolute Gasteiger partial charge is 0.0485 e. The lowest BCUT2D eigenvalue weighted by Crippen LogP contribution is -2.27. The number of aryl methyl sites for hydroxylation is 2. The molecule has 1 aromatic carbocycles. The van der Waals surface area contributed by atoms with Crippen LogP contribution in [0, 0.1) is 6.92 Å². The standard InChI is InChI=1S/C14H21NO/c1-3-12-10-14(5-4-11(12)2)15-13-6-8-16-9-7-13/h4-5,10,13,15H,3,6-9H2,1-2H3. The molecule has 0 aromatic heterocycles. The van der Waals surface area contributed by atoms with Crippen molar-refractivity contribution in [2.24, 2.45) is 0 Å². The fourth-order valence-electron chi connectivity index (χ4n) is 2.22. The average molecular weight is 219 g/mol. The topological polar surface area (TPSA) is 21.3 Å². The lowest BCUT2D eigenvalue weighted by Gasteiger charge is -2.24. The van der Waals surface area contributed by atoms with Crippen molar-refractivity contribution in [1.82, 2.24) is 0 Å². The van der Waals surface area contributed by atoms with Crippen molar-refractivity contribution >= 4 is 5.69 Å². The Balaban J connectivity index is 2.03. The normalized spacial score (nSPS) is 17.4. The van der Waals surface area contributed by atoms with Gasteiger partial charge in [-0.3, -0.25) is 0 Å². The molecule has 1 fully saturated rings. The van der Waals surface area contributed by atoms with E-state index in [1.807, 2.05) is 0 Å². The molecule has 1 aliphatic rings. The summed E-state index contributed by atoms with van der Waals surface area (Å²) in [5.41, 5.74) is 4.09. The van der Waals surface area contributed by atoms with E-state index in [0.717, 1.165) is 32.5 Å². The summed E-state index contributed by atoms with van der Waals surface area (Å²) in [4.78, 5) is 0. The van der Waals surface area contributed by atoms with Gasteiger partial charge in [-0.1, -0.05) is 13.0 Å². The Hall–Kier alpha value is -1.02. The van der Waals surface area contributed by atoms with E-state index in [-0.39, 0.29) is 0 Å². The first-order valence-corrected chi connectivity index (χ1v) is 6.23. The maximum atomic E-state index is 5.36. The molecule has 1 N–H and O–H groups in total. The highest BCUT2D eigenvalue weighted by molar-refractivity contribution is 5.49. The van der Waals surface area contributed by atoms with Crippen LogP contribution in [0.25, 0.3) is 0 Å². The lowest BCUT2D eigenvalue weighted by atomic mass is 10.0. The minimum atomic E-state index is 0.584. The van der Waals surface area contributed by atoms with Gasteiger partial charge in [-0.25, -0.2) is 0 Å². The third-order valence-electron chi connectivity index (χ3n) is 3.32. The van der Waals surface area contributed by atoms with Crippen molar-refractivity contribution < 1.29 is 4.74 Å². The van der Waals surface area contributed by atoms with E-state index in [0.29, 0.717) is 6.04 Å². The molecule has 0 aliphatic carbocycles. The molecule has 0 unspecified atom stereocenters. The van der Waals surface area contributed by atoms with Crippen LogP contribution in [-0.4, -0.2) is 19.3 Å². The molecule has 1 aromatic rings. The van der Waals surface area contributed by atoms with E-state index in [4.69, 9.17) is 4.74 Å². The Morgan fingerprint density at radius 1 is 1.31 bits per heavy atom. The molecule has 0 amide bonds. The van der Waals surface area contributed by atoms with Gasteiger partial charge in [0, 0.05) is 24.9 Å². The van der Waals surface area contributed by atoms with Crippen molar-refractivity contribution in [3.63, 3.8) is 0 Å². The largest absolute Gasteiger partial charge is 0.382 e. The van der Waals surface area contributed by atoms with Crippen molar-refractivity contribution in [2.75, 3.05) is 18.5 Å². The highest BCUT2D eigenvalue weighted by Gasteiger charge is 2.13. The summed E-state index contributed by atoms with van der Waals surface area (Å²) in [5, 5.41) is 3.60. The molecule has 0 saturated carbocycles. The molecule has 88 valence electrons. The van der Waals surface area contributed by atoms with Gasteiger partial charge in [0.05, 0.1) is 0 Å². The van der Waals surface area contributed by atoms with Crippen molar-refractivity contribution in [2.45, 2.75) is 39.2 Å². The third kappa shape index (κ3) is 2.76. The maximum absolute atomic E-state index is 5.36. The fraction of sp³-hybridized carbons (Fsp3) is 0.571. The van der Waals surface area contributed by atoms with Crippen LogP contribution in [0.2, 0.25) is 0 Å². The Morgan fingerprint density at radius 2 is 2.06 bits per heavy atom. The molecule has 1 heterocycles. The monoisotopic (exact) mass is 219 g/mol. The second-order valence-corrected chi connectivity index (χ2v) is 4.53. The summed E-state index contributed by atoms with van der Waals surface area (Å²) in [5.74, 6) is 0. The fourth-order valence-corrected chi connectivity index (χ4v) is 2.22. The minimum Gasteiger partial charge on any atom is -0.382 e. The summed E-state index contributed by atoms with van der Waals surface area (Å²) in [6, 6.07) is 7.26. The Bertz CT molecular complexity index is 343. The molecule has 2 nitrogen and oxygen atoms in total. The van der Waals surface area contributed by atoms with Gasteiger partial charge in [0.25, 0.3) is 0 Å². The van der Waals surface area contributed by atoms with Gasteiger partial charge in [-0.15, -0.1) is 0 Å². The Labute approximate surface area is 98.0 Å². The van der Waals surface area contributed by atoms with Crippen LogP contribution in [0.3, 0.4) is 0 Å². The van der Waals surface area contributed by atoms with Crippen molar-refractivity contribution in [3.8, 4) is 0 Å². The minimum absolute atomic E-state index is 0.584. The number of benzene rings is 1. The summed E-state index contributed by atoms with van der Waals surface area (Å²) >= 11 is 0. The van der Waals surface area contributed by atoms with Gasteiger partial charge >= 0.3 is 0 Å². The predicted molar refractivity (Wildman–Crippen MR) is 68.0 cm³/mol. The van der Waals surface area contributed by atoms with Crippen molar-refractivity contribution in [3.05, 3.63) is 29.3 Å². The summed E-state index contributed by atoms with van der Waals surface area (Å²) in [6.07, 6.45) is 3.35. The van der Waals surface area contributed by atoms with Gasteiger partial charge in [0.15, 0.2) is 0 Å². The molecular formula is C14H21NO. The van der Waals surface area contributed by atoms with E-state index in [2.05, 4.69) is 37.4 Å². The third-order valence-corrected chi connectivity index (χ3v) is 3.32. The Morgan fingerprint density at radius 3 is 2.75 bits per heavy atom. The van der Waals surface area contributed by atoms with E-state index >= 15 is 0 Å². The van der Waals surface area contributed by atoms with Crippen LogP contribution >= 0.6 is 0 Å². The molecule has 16 heavy (non-hydrogen) atoms. The average Bonchev–Trinajstić information content (AvgIpc) is 2.33. The van der Waals surface area contributed by atoms with Crippen LogP contribution in [0.4, 0.5) is 5.69 Å². The zero-order valence-electron chi connectivity index (χ0n) is 10.3. The molecular weight excluding hydrogens is 198 g/mol. The molecule has 0 atom stereocenters. The first-order valence-electron chi connectivity index (χ1n) is 6.23. The van der Waals surface area contributed by atoms with Crippen LogP contribution in [0.5, 0.6) is 0 Å². The van der Waals surface area contributed by atoms with E-state index in [1.54, 1.807) is 0 Å². The maximum Gasteiger partial charge on any atom is 0.0485 e. The molecule has 1 aliphatic heterocycles. The van der Waals surface area contributed by atoms with Crippen LogP contribution in [-0.2, 0) is 11.2 Å². The molecule has 2 rings (SSSR count). The van der Waals surface area contributed by atoms with Gasteiger partial charge in [-0.2, -0.15) is 0 Å². The van der Waals surface area contributed by atoms with Gasteiger partial charge in [0.1, 0.15) is 0 Å². The summed E-state index contributed by atoms with van der Waals surface area (Å²) < 4.78 is 5.36. The number of anilines is 1. The second-order valence-electron chi connectivity index (χ2n) is 4.53. The lowest BCUT2D eigenvalue weighted by molar-refractivity contribution is 0.0904. The van der Waals surface area contributed by atoms with Gasteiger partial charge in [0.2, 0.25) is 0 Å². The zero-order chi connectivity index (χ0) is 11.4.